The van der Waals surface area contributed by atoms with Crippen molar-refractivity contribution in [2.45, 2.75) is 31.1 Å². The molecule has 6 heteroatoms. The number of carboxylic acid groups (broad SMARTS) is 1. The number of rotatable bonds is 7. The zero-order valence-electron chi connectivity index (χ0n) is 12.8. The van der Waals surface area contributed by atoms with E-state index in [0.717, 1.165) is 24.8 Å². The van der Waals surface area contributed by atoms with E-state index in [1.807, 2.05) is 0 Å². The van der Waals surface area contributed by atoms with Crippen LogP contribution in [0, 0.1) is 0 Å². The molecular weight excluding hydrogens is 314 g/mol. The molecule has 2 N–H and O–H groups in total. The van der Waals surface area contributed by atoms with Gasteiger partial charge in [-0.05, 0) is 42.7 Å². The van der Waals surface area contributed by atoms with Crippen LogP contribution in [0.3, 0.4) is 0 Å². The Balaban J connectivity index is 2.24. The fourth-order valence-corrected chi connectivity index (χ4v) is 3.26. The molecule has 0 fully saturated rings. The predicted octanol–water partition coefficient (Wildman–Crippen LogP) is 3.53. The molecule has 0 aromatic heterocycles. The van der Waals surface area contributed by atoms with Crippen molar-refractivity contribution < 1.29 is 18.3 Å². The fraction of sp³-hybridized carbons (Fsp3) is 0.235. The lowest BCUT2D eigenvalue weighted by molar-refractivity contribution is 0.0698. The lowest BCUT2D eigenvalue weighted by atomic mass is 10.1. The summed E-state index contributed by atoms with van der Waals surface area (Å²) in [6.45, 7) is 2.10. The maximum Gasteiger partial charge on any atom is 0.337 e. The average Bonchev–Trinajstić information content (AvgIpc) is 2.53. The Morgan fingerprint density at radius 1 is 1.09 bits per heavy atom. The van der Waals surface area contributed by atoms with E-state index in [9.17, 15) is 13.2 Å². The van der Waals surface area contributed by atoms with E-state index in [2.05, 4.69) is 11.6 Å². The maximum atomic E-state index is 12.4. The first-order chi connectivity index (χ1) is 10.9. The van der Waals surface area contributed by atoms with E-state index in [4.69, 9.17) is 5.11 Å². The van der Waals surface area contributed by atoms with Crippen LogP contribution in [-0.4, -0.2) is 19.5 Å². The van der Waals surface area contributed by atoms with Gasteiger partial charge >= 0.3 is 5.97 Å². The van der Waals surface area contributed by atoms with Crippen molar-refractivity contribution in [3.8, 4) is 0 Å². The molecule has 0 aliphatic heterocycles. The molecule has 0 saturated carbocycles. The summed E-state index contributed by atoms with van der Waals surface area (Å²) < 4.78 is 27.1. The summed E-state index contributed by atoms with van der Waals surface area (Å²) >= 11 is 0. The molecule has 0 aliphatic rings. The van der Waals surface area contributed by atoms with Crippen LogP contribution in [0.25, 0.3) is 0 Å². The van der Waals surface area contributed by atoms with Crippen LogP contribution in [0.15, 0.2) is 53.4 Å². The molecule has 122 valence electrons. The number of carboxylic acids is 1. The lowest BCUT2D eigenvalue weighted by Crippen LogP contribution is -2.15. The predicted molar refractivity (Wildman–Crippen MR) is 89.3 cm³/mol. The van der Waals surface area contributed by atoms with Gasteiger partial charge in [-0.25, -0.2) is 13.2 Å². The van der Waals surface area contributed by atoms with E-state index >= 15 is 0 Å². The minimum atomic E-state index is -3.82. The van der Waals surface area contributed by atoms with Crippen molar-refractivity contribution >= 4 is 21.7 Å². The highest BCUT2D eigenvalue weighted by atomic mass is 32.2. The van der Waals surface area contributed by atoms with Crippen LogP contribution in [0.4, 0.5) is 5.69 Å². The summed E-state index contributed by atoms with van der Waals surface area (Å²) in [5, 5.41) is 9.12. The molecule has 0 spiro atoms. The zero-order valence-corrected chi connectivity index (χ0v) is 13.6. The molecule has 2 aromatic rings. The summed E-state index contributed by atoms with van der Waals surface area (Å²) in [5.41, 5.74) is 1.04. The smallest absolute Gasteiger partial charge is 0.337 e. The van der Waals surface area contributed by atoms with Gasteiger partial charge in [0.05, 0.1) is 16.1 Å². The van der Waals surface area contributed by atoms with Crippen LogP contribution >= 0.6 is 0 Å². The fourth-order valence-electron chi connectivity index (χ4n) is 2.18. The van der Waals surface area contributed by atoms with Gasteiger partial charge in [0.15, 0.2) is 0 Å². The second kappa shape index (κ2) is 7.28. The molecule has 2 rings (SSSR count). The number of aromatic carboxylic acids is 1. The Morgan fingerprint density at radius 3 is 2.35 bits per heavy atom. The second-order valence-electron chi connectivity index (χ2n) is 5.20. The second-order valence-corrected chi connectivity index (χ2v) is 6.89. The first kappa shape index (κ1) is 17.0. The third kappa shape index (κ3) is 4.32. The summed E-state index contributed by atoms with van der Waals surface area (Å²) in [4.78, 5) is 11.3. The highest BCUT2D eigenvalue weighted by Gasteiger charge is 2.18. The van der Waals surface area contributed by atoms with E-state index in [1.165, 1.54) is 24.3 Å². The number of para-hydroxylation sites is 1. The standard InChI is InChI=1S/C17H19NO4S/c1-2-3-6-13-9-11-14(12-10-13)23(21,22)18-16-8-5-4-7-15(16)17(19)20/h4-5,7-12,18H,2-3,6H2,1H3,(H,19,20). The van der Waals surface area contributed by atoms with Crippen LogP contribution < -0.4 is 4.72 Å². The Bertz CT molecular complexity index is 782. The third-order valence-electron chi connectivity index (χ3n) is 3.45. The number of anilines is 1. The molecule has 0 saturated heterocycles. The molecule has 0 heterocycles. The normalized spacial score (nSPS) is 11.2. The molecule has 0 amide bonds. The van der Waals surface area contributed by atoms with Gasteiger partial charge in [0, 0.05) is 0 Å². The first-order valence-corrected chi connectivity index (χ1v) is 8.86. The van der Waals surface area contributed by atoms with Gasteiger partial charge in [0.2, 0.25) is 0 Å². The summed E-state index contributed by atoms with van der Waals surface area (Å²) in [7, 11) is -3.82. The molecule has 0 radical (unpaired) electrons. The van der Waals surface area contributed by atoms with E-state index < -0.39 is 16.0 Å². The highest BCUT2D eigenvalue weighted by Crippen LogP contribution is 2.20. The minimum absolute atomic E-state index is 0.0510. The molecule has 0 atom stereocenters. The van der Waals surface area contributed by atoms with E-state index in [0.29, 0.717) is 0 Å². The molecule has 23 heavy (non-hydrogen) atoms. The largest absolute Gasteiger partial charge is 0.478 e. The van der Waals surface area contributed by atoms with Gasteiger partial charge < -0.3 is 5.11 Å². The van der Waals surface area contributed by atoms with Crippen LogP contribution in [0.5, 0.6) is 0 Å². The van der Waals surface area contributed by atoms with Crippen molar-refractivity contribution in [1.82, 2.24) is 0 Å². The monoisotopic (exact) mass is 333 g/mol. The van der Waals surface area contributed by atoms with Crippen molar-refractivity contribution in [3.05, 3.63) is 59.7 Å². The molecule has 0 bridgehead atoms. The molecule has 2 aromatic carbocycles. The topological polar surface area (TPSA) is 83.5 Å². The van der Waals surface area contributed by atoms with Crippen LogP contribution in [0.1, 0.15) is 35.7 Å². The van der Waals surface area contributed by atoms with Crippen molar-refractivity contribution in [2.75, 3.05) is 4.72 Å². The van der Waals surface area contributed by atoms with E-state index in [-0.39, 0.29) is 16.1 Å². The Kier molecular flexibility index (Phi) is 5.39. The van der Waals surface area contributed by atoms with Gasteiger partial charge in [-0.3, -0.25) is 4.72 Å². The van der Waals surface area contributed by atoms with E-state index in [1.54, 1.807) is 24.3 Å². The Morgan fingerprint density at radius 2 is 1.74 bits per heavy atom. The number of aryl methyl sites for hydroxylation is 1. The molecule has 5 nitrogen and oxygen atoms in total. The zero-order chi connectivity index (χ0) is 16.9. The number of hydrogen-bond acceptors (Lipinski definition) is 3. The van der Waals surface area contributed by atoms with Crippen LogP contribution in [0.2, 0.25) is 0 Å². The van der Waals surface area contributed by atoms with Gasteiger partial charge in [-0.1, -0.05) is 37.6 Å². The minimum Gasteiger partial charge on any atom is -0.478 e. The van der Waals surface area contributed by atoms with Gasteiger partial charge in [0.1, 0.15) is 0 Å². The Hall–Kier alpha value is -2.34. The number of unbranched alkanes of at least 4 members (excludes halogenated alkanes) is 1. The average molecular weight is 333 g/mol. The SMILES string of the molecule is CCCCc1ccc(S(=O)(=O)Nc2ccccc2C(=O)O)cc1. The van der Waals surface area contributed by atoms with Gasteiger partial charge in [-0.2, -0.15) is 0 Å². The molecule has 0 aliphatic carbocycles. The maximum absolute atomic E-state index is 12.4. The number of benzene rings is 2. The number of nitrogens with one attached hydrogen (secondary N) is 1. The van der Waals surface area contributed by atoms with Crippen molar-refractivity contribution in [2.24, 2.45) is 0 Å². The summed E-state index contributed by atoms with van der Waals surface area (Å²) in [6.07, 6.45) is 3.04. The van der Waals surface area contributed by atoms with Crippen molar-refractivity contribution in [1.29, 1.82) is 0 Å². The third-order valence-corrected chi connectivity index (χ3v) is 4.84. The van der Waals surface area contributed by atoms with Crippen LogP contribution in [-0.2, 0) is 16.4 Å². The lowest BCUT2D eigenvalue weighted by Gasteiger charge is -2.11. The van der Waals surface area contributed by atoms with Gasteiger partial charge in [0.25, 0.3) is 10.0 Å². The number of sulfonamides is 1. The van der Waals surface area contributed by atoms with Gasteiger partial charge in [-0.15, -0.1) is 0 Å². The summed E-state index contributed by atoms with van der Waals surface area (Å²) in [5.74, 6) is -1.18. The quantitative estimate of drug-likeness (QED) is 0.812. The number of carbonyl (C=O) groups is 1. The summed E-state index contributed by atoms with van der Waals surface area (Å²) in [6, 6.07) is 12.6. The Labute approximate surface area is 136 Å². The number of hydrogen-bond donors (Lipinski definition) is 2. The molecule has 0 unspecified atom stereocenters. The highest BCUT2D eigenvalue weighted by molar-refractivity contribution is 7.92. The van der Waals surface area contributed by atoms with Crippen molar-refractivity contribution in [3.63, 3.8) is 0 Å². The first-order valence-electron chi connectivity index (χ1n) is 7.38. The molecular formula is C17H19NO4S.